The first-order chi connectivity index (χ1) is 13.2. The lowest BCUT2D eigenvalue weighted by atomic mass is 9.90. The highest BCUT2D eigenvalue weighted by Crippen LogP contribution is 2.31. The third-order valence-electron chi connectivity index (χ3n) is 4.53. The molecule has 0 aliphatic carbocycles. The van der Waals surface area contributed by atoms with E-state index in [2.05, 4.69) is 33.9 Å². The molecule has 0 saturated heterocycles. The van der Waals surface area contributed by atoms with Gasteiger partial charge in [-0.25, -0.2) is 0 Å². The molecule has 0 spiro atoms. The highest BCUT2D eigenvalue weighted by molar-refractivity contribution is 5.94. The van der Waals surface area contributed by atoms with E-state index in [-0.39, 0.29) is 11.8 Å². The Balaban J connectivity index is 1.45. The molecule has 1 unspecified atom stereocenters. The summed E-state index contributed by atoms with van der Waals surface area (Å²) in [5, 5.41) is 9.47. The number of para-hydroxylation sites is 1. The van der Waals surface area contributed by atoms with Crippen molar-refractivity contribution in [2.24, 2.45) is 4.99 Å². The fourth-order valence-corrected chi connectivity index (χ4v) is 3.10. The molecule has 1 heterocycles. The smallest absolute Gasteiger partial charge is 0.225 e. The molecule has 0 saturated carbocycles. The molecule has 1 aliphatic rings. The quantitative estimate of drug-likeness (QED) is 0.417. The number of benzene rings is 2. The first kappa shape index (κ1) is 18.8. The molecule has 1 atom stereocenters. The lowest BCUT2D eigenvalue weighted by molar-refractivity contribution is -0.116. The van der Waals surface area contributed by atoms with Crippen LogP contribution in [0.1, 0.15) is 23.5 Å². The van der Waals surface area contributed by atoms with Gasteiger partial charge < -0.3 is 20.7 Å². The van der Waals surface area contributed by atoms with Gasteiger partial charge in [-0.1, -0.05) is 35.9 Å². The molecule has 3 rings (SSSR count). The standard InChI is InChI=1S/C21H26N4O2/c1-15-7-9-17(10-8-15)27-12-11-23-21(22-2)24-14-16-13-20(26)25-19-6-4-3-5-18(16)19/h3-10,16H,11-14H2,1-2H3,(H,25,26)(H2,22,23,24). The first-order valence-electron chi connectivity index (χ1n) is 9.18. The predicted octanol–water partition coefficient (Wildman–Crippen LogP) is 2.66. The van der Waals surface area contributed by atoms with E-state index in [1.54, 1.807) is 7.05 Å². The van der Waals surface area contributed by atoms with Gasteiger partial charge in [0.05, 0.1) is 6.54 Å². The number of aliphatic imine (C=N–C) groups is 1. The Morgan fingerprint density at radius 1 is 1.19 bits per heavy atom. The summed E-state index contributed by atoms with van der Waals surface area (Å²) in [5.74, 6) is 1.73. The van der Waals surface area contributed by atoms with Crippen molar-refractivity contribution in [3.05, 3.63) is 59.7 Å². The van der Waals surface area contributed by atoms with Crippen LogP contribution in [0.2, 0.25) is 0 Å². The van der Waals surface area contributed by atoms with Crippen molar-refractivity contribution in [3.63, 3.8) is 0 Å². The van der Waals surface area contributed by atoms with Crippen LogP contribution in [0, 0.1) is 6.92 Å². The maximum absolute atomic E-state index is 11.9. The molecule has 0 aromatic heterocycles. The van der Waals surface area contributed by atoms with Gasteiger partial charge in [0.15, 0.2) is 5.96 Å². The summed E-state index contributed by atoms with van der Waals surface area (Å²) in [6.07, 6.45) is 0.470. The number of guanidine groups is 1. The van der Waals surface area contributed by atoms with Crippen LogP contribution in [0.5, 0.6) is 5.75 Å². The van der Waals surface area contributed by atoms with E-state index in [0.717, 1.165) is 17.0 Å². The van der Waals surface area contributed by atoms with E-state index in [0.29, 0.717) is 32.1 Å². The van der Waals surface area contributed by atoms with E-state index >= 15 is 0 Å². The van der Waals surface area contributed by atoms with Crippen LogP contribution in [0.25, 0.3) is 0 Å². The number of carbonyl (C=O) groups excluding carboxylic acids is 1. The molecule has 1 aliphatic heterocycles. The van der Waals surface area contributed by atoms with Crippen LogP contribution >= 0.6 is 0 Å². The molecule has 6 nitrogen and oxygen atoms in total. The number of carbonyl (C=O) groups is 1. The van der Waals surface area contributed by atoms with Crippen molar-refractivity contribution in [2.45, 2.75) is 19.3 Å². The second-order valence-electron chi connectivity index (χ2n) is 6.58. The average molecular weight is 366 g/mol. The molecule has 2 aromatic rings. The number of ether oxygens (including phenoxy) is 1. The molecule has 27 heavy (non-hydrogen) atoms. The fraction of sp³-hybridized carbons (Fsp3) is 0.333. The van der Waals surface area contributed by atoms with Gasteiger partial charge in [0.25, 0.3) is 0 Å². The van der Waals surface area contributed by atoms with Gasteiger partial charge in [0, 0.05) is 31.6 Å². The number of aryl methyl sites for hydroxylation is 1. The van der Waals surface area contributed by atoms with Gasteiger partial charge in [0.2, 0.25) is 5.91 Å². The molecule has 0 fully saturated rings. The maximum atomic E-state index is 11.9. The van der Waals surface area contributed by atoms with Crippen LogP contribution < -0.4 is 20.7 Å². The van der Waals surface area contributed by atoms with E-state index < -0.39 is 0 Å². The van der Waals surface area contributed by atoms with Crippen LogP contribution in [0.15, 0.2) is 53.5 Å². The van der Waals surface area contributed by atoms with Gasteiger partial charge in [0.1, 0.15) is 12.4 Å². The fourth-order valence-electron chi connectivity index (χ4n) is 3.10. The summed E-state index contributed by atoms with van der Waals surface area (Å²) in [5.41, 5.74) is 3.26. The highest BCUT2D eigenvalue weighted by atomic mass is 16.5. The lowest BCUT2D eigenvalue weighted by Gasteiger charge is -2.26. The second-order valence-corrected chi connectivity index (χ2v) is 6.58. The van der Waals surface area contributed by atoms with E-state index in [9.17, 15) is 4.79 Å². The zero-order chi connectivity index (χ0) is 19.1. The van der Waals surface area contributed by atoms with Crippen molar-refractivity contribution in [2.75, 3.05) is 32.1 Å². The largest absolute Gasteiger partial charge is 0.492 e. The molecule has 0 bridgehead atoms. The lowest BCUT2D eigenvalue weighted by Crippen LogP contribution is -2.42. The molecule has 2 aromatic carbocycles. The molecule has 0 radical (unpaired) electrons. The normalized spacial score (nSPS) is 16.3. The Morgan fingerprint density at radius 3 is 2.74 bits per heavy atom. The Bertz CT molecular complexity index is 802. The van der Waals surface area contributed by atoms with Gasteiger partial charge in [-0.2, -0.15) is 0 Å². The molecular weight excluding hydrogens is 340 g/mol. The number of rotatable bonds is 6. The van der Waals surface area contributed by atoms with Crippen molar-refractivity contribution < 1.29 is 9.53 Å². The number of hydrogen-bond donors (Lipinski definition) is 3. The molecule has 6 heteroatoms. The molecule has 142 valence electrons. The summed E-state index contributed by atoms with van der Waals surface area (Å²) in [7, 11) is 1.73. The Kier molecular flexibility index (Phi) is 6.30. The molecular formula is C21H26N4O2. The van der Waals surface area contributed by atoms with Gasteiger partial charge >= 0.3 is 0 Å². The summed E-state index contributed by atoms with van der Waals surface area (Å²) in [4.78, 5) is 16.2. The Labute approximate surface area is 160 Å². The van der Waals surface area contributed by atoms with E-state index in [4.69, 9.17) is 4.74 Å². The van der Waals surface area contributed by atoms with Crippen LogP contribution in [-0.2, 0) is 4.79 Å². The number of hydrogen-bond acceptors (Lipinski definition) is 3. The SMILES string of the molecule is CN=C(NCCOc1ccc(C)cc1)NCC1CC(=O)Nc2ccccc21. The minimum absolute atomic E-state index is 0.0509. The zero-order valence-electron chi connectivity index (χ0n) is 15.8. The van der Waals surface area contributed by atoms with E-state index in [1.807, 2.05) is 42.5 Å². The second kappa shape index (κ2) is 9.07. The van der Waals surface area contributed by atoms with Crippen LogP contribution in [-0.4, -0.2) is 38.6 Å². The summed E-state index contributed by atoms with van der Waals surface area (Å²) in [6.45, 7) is 3.87. The number of nitrogens with zero attached hydrogens (tertiary/aromatic N) is 1. The van der Waals surface area contributed by atoms with Gasteiger partial charge in [-0.05, 0) is 30.7 Å². The number of nitrogens with one attached hydrogen (secondary N) is 3. The van der Waals surface area contributed by atoms with Crippen molar-refractivity contribution >= 4 is 17.6 Å². The monoisotopic (exact) mass is 366 g/mol. The third kappa shape index (κ3) is 5.23. The predicted molar refractivity (Wildman–Crippen MR) is 108 cm³/mol. The highest BCUT2D eigenvalue weighted by Gasteiger charge is 2.24. The number of anilines is 1. The minimum atomic E-state index is 0.0509. The first-order valence-corrected chi connectivity index (χ1v) is 9.18. The Morgan fingerprint density at radius 2 is 1.96 bits per heavy atom. The van der Waals surface area contributed by atoms with Crippen molar-refractivity contribution in [1.82, 2.24) is 10.6 Å². The molecule has 1 amide bonds. The summed E-state index contributed by atoms with van der Waals surface area (Å²) in [6, 6.07) is 15.9. The van der Waals surface area contributed by atoms with E-state index in [1.165, 1.54) is 5.56 Å². The van der Waals surface area contributed by atoms with Crippen LogP contribution in [0.4, 0.5) is 5.69 Å². The topological polar surface area (TPSA) is 74.8 Å². The number of amides is 1. The van der Waals surface area contributed by atoms with Crippen molar-refractivity contribution in [3.8, 4) is 5.75 Å². The number of fused-ring (bicyclic) bond motifs is 1. The Hall–Kier alpha value is -3.02. The minimum Gasteiger partial charge on any atom is -0.492 e. The van der Waals surface area contributed by atoms with Crippen LogP contribution in [0.3, 0.4) is 0 Å². The zero-order valence-corrected chi connectivity index (χ0v) is 15.8. The summed E-state index contributed by atoms with van der Waals surface area (Å²) < 4.78 is 5.71. The third-order valence-corrected chi connectivity index (χ3v) is 4.53. The maximum Gasteiger partial charge on any atom is 0.225 e. The van der Waals surface area contributed by atoms with Gasteiger partial charge in [-0.3, -0.25) is 9.79 Å². The molecule has 3 N–H and O–H groups in total. The average Bonchev–Trinajstić information content (AvgIpc) is 2.68. The van der Waals surface area contributed by atoms with Crippen molar-refractivity contribution in [1.29, 1.82) is 0 Å². The summed E-state index contributed by atoms with van der Waals surface area (Å²) >= 11 is 0. The van der Waals surface area contributed by atoms with Gasteiger partial charge in [-0.15, -0.1) is 0 Å².